The van der Waals surface area contributed by atoms with E-state index in [1.165, 1.54) is 53.1 Å². The van der Waals surface area contributed by atoms with Gasteiger partial charge in [-0.1, -0.05) is 51.2 Å². The van der Waals surface area contributed by atoms with E-state index >= 15 is 0 Å². The van der Waals surface area contributed by atoms with E-state index in [4.69, 9.17) is 5.14 Å². The van der Waals surface area contributed by atoms with Crippen molar-refractivity contribution in [2.75, 3.05) is 10.2 Å². The lowest BCUT2D eigenvalue weighted by Crippen LogP contribution is -2.33. The molecule has 0 radical (unpaired) electrons. The predicted molar refractivity (Wildman–Crippen MR) is 170 cm³/mol. The molecule has 3 aromatic carbocycles. The van der Waals surface area contributed by atoms with Crippen LogP contribution in [0.1, 0.15) is 16.4 Å². The second-order valence-corrected chi connectivity index (χ2v) is 14.7. The highest BCUT2D eigenvalue weighted by Crippen LogP contribution is 2.54. The normalized spacial score (nSPS) is 19.2. The number of carbonyl (C=O) groups excluding carboxylic acids is 3. The number of imide groups is 1. The van der Waals surface area contributed by atoms with Gasteiger partial charge in [0.2, 0.25) is 27.7 Å². The fourth-order valence-electron chi connectivity index (χ4n) is 5.36. The van der Waals surface area contributed by atoms with E-state index in [-0.39, 0.29) is 22.0 Å². The van der Waals surface area contributed by atoms with Crippen LogP contribution in [0, 0.1) is 16.0 Å². The zero-order valence-electron chi connectivity index (χ0n) is 22.7. The Kier molecular flexibility index (Phi) is 7.98. The first kappa shape index (κ1) is 30.8. The van der Waals surface area contributed by atoms with Gasteiger partial charge in [0.25, 0.3) is 5.69 Å². The number of nitro groups is 1. The maximum Gasteiger partial charge on any atom is 0.308 e. The number of non-ortho nitro benzene ring substituents is 1. The Hall–Kier alpha value is -4.16. The smallest absolute Gasteiger partial charge is 0.308 e. The number of amides is 3. The van der Waals surface area contributed by atoms with E-state index < -0.39 is 61.2 Å². The number of aromatic nitrogens is 1. The Balaban J connectivity index is 1.36. The molecule has 17 heteroatoms. The summed E-state index contributed by atoms with van der Waals surface area (Å²) in [6, 6.07) is 17.5. The van der Waals surface area contributed by atoms with E-state index in [9.17, 15) is 37.7 Å². The van der Waals surface area contributed by atoms with Crippen LogP contribution >= 0.6 is 39.0 Å². The summed E-state index contributed by atoms with van der Waals surface area (Å²) in [4.78, 5) is 65.7. The molecule has 0 spiro atoms. The van der Waals surface area contributed by atoms with Crippen LogP contribution in [0.5, 0.6) is 0 Å². The van der Waals surface area contributed by atoms with Gasteiger partial charge in [0.15, 0.2) is 0 Å². The number of halogens is 1. The van der Waals surface area contributed by atoms with Crippen LogP contribution in [0.3, 0.4) is 0 Å². The van der Waals surface area contributed by atoms with Gasteiger partial charge in [-0.15, -0.1) is 0 Å². The Labute approximate surface area is 271 Å². The molecule has 1 fully saturated rings. The number of primary sulfonamides is 1. The Morgan fingerprint density at radius 1 is 1.02 bits per heavy atom. The van der Waals surface area contributed by atoms with Gasteiger partial charge in [-0.25, -0.2) is 18.5 Å². The summed E-state index contributed by atoms with van der Waals surface area (Å²) >= 11 is 5.37. The van der Waals surface area contributed by atoms with Crippen molar-refractivity contribution in [1.29, 1.82) is 0 Å². The molecular weight excluding hydrogens is 710 g/mol. The minimum atomic E-state index is -3.92. The van der Waals surface area contributed by atoms with Crippen LogP contribution in [0.15, 0.2) is 92.0 Å². The van der Waals surface area contributed by atoms with Gasteiger partial charge in [-0.05, 0) is 54.1 Å². The molecule has 13 nitrogen and oxygen atoms in total. The minimum Gasteiger partial charge on any atom is -0.325 e. The molecule has 6 rings (SSSR count). The number of thioether (sulfide) groups is 1. The number of nitrogens with one attached hydrogen (secondary N) is 1. The van der Waals surface area contributed by atoms with Crippen molar-refractivity contribution in [2.24, 2.45) is 11.1 Å². The van der Waals surface area contributed by atoms with Crippen LogP contribution in [0.2, 0.25) is 0 Å². The number of anilines is 2. The van der Waals surface area contributed by atoms with Crippen LogP contribution in [-0.2, 0) is 31.0 Å². The number of rotatable bonds is 7. The first-order valence-corrected chi connectivity index (χ1v) is 17.1. The molecule has 0 unspecified atom stereocenters. The number of hydrogen-bond donors (Lipinski definition) is 2. The second kappa shape index (κ2) is 11.6. The Bertz CT molecular complexity index is 2060. The summed E-state index contributed by atoms with van der Waals surface area (Å²) in [5.41, 5.74) is 0.952. The Morgan fingerprint density at radius 2 is 1.71 bits per heavy atom. The highest BCUT2D eigenvalue weighted by molar-refractivity contribution is 9.10. The molecule has 0 saturated carbocycles. The highest BCUT2D eigenvalue weighted by atomic mass is 79.9. The minimum absolute atomic E-state index is 0.133. The van der Waals surface area contributed by atoms with Gasteiger partial charge < -0.3 is 5.32 Å². The quantitative estimate of drug-likeness (QED) is 0.162. The van der Waals surface area contributed by atoms with Crippen LogP contribution in [-0.4, -0.2) is 40.9 Å². The maximum atomic E-state index is 14.0. The number of nitro benzene ring substituents is 1. The number of carbonyl (C=O) groups is 3. The van der Waals surface area contributed by atoms with E-state index in [0.717, 1.165) is 32.5 Å². The summed E-state index contributed by atoms with van der Waals surface area (Å²) in [5.74, 6) is -3.22. The van der Waals surface area contributed by atoms with Crippen molar-refractivity contribution >= 4 is 83.8 Å². The summed E-state index contributed by atoms with van der Waals surface area (Å²) in [6.45, 7) is -0.411. The van der Waals surface area contributed by atoms with Crippen molar-refractivity contribution < 1.29 is 27.7 Å². The lowest BCUT2D eigenvalue weighted by molar-refractivity contribution is -0.384. The zero-order valence-corrected chi connectivity index (χ0v) is 26.7. The standard InChI is InChI=1S/C28H20BrN5O8S3/c29-15-3-1-2-14(12-15)21-22-23(26(37)33(25(22)36)17-6-8-18(9-7-17)34(39)40)43-27-24(21)44-28(38)32(27)13-20(35)31-16-4-10-19(11-5-16)45(30,41)42/h1-12,21-23H,13H2,(H,31,35)(H2,30,41,42)/t21-,22-,23+/m0/s1. The fourth-order valence-corrected chi connectivity index (χ4v) is 9.07. The molecule has 230 valence electrons. The van der Waals surface area contributed by atoms with Crippen LogP contribution < -0.4 is 20.2 Å². The SMILES string of the molecule is NS(=O)(=O)c1ccc(NC(=O)Cn2c3c(sc2=O)[C@@H](c2cccc(Br)c2)[C@@H]2C(=O)N(c4ccc([N+](=O)[O-])cc4)C(=O)[C@@H]2S3)cc1. The molecule has 3 atom stereocenters. The summed E-state index contributed by atoms with van der Waals surface area (Å²) < 4.78 is 25.1. The number of fused-ring (bicyclic) bond motifs is 2. The van der Waals surface area contributed by atoms with Crippen molar-refractivity contribution in [2.45, 2.75) is 27.6 Å². The number of sulfonamides is 1. The largest absolute Gasteiger partial charge is 0.325 e. The number of nitrogens with two attached hydrogens (primary N) is 1. The molecule has 0 bridgehead atoms. The zero-order chi connectivity index (χ0) is 32.2. The topological polar surface area (TPSA) is 192 Å². The molecule has 1 aromatic heterocycles. The van der Waals surface area contributed by atoms with Crippen molar-refractivity contribution in [3.05, 3.63) is 107 Å². The number of nitrogens with zero attached hydrogens (tertiary/aromatic N) is 3. The third-order valence-electron chi connectivity index (χ3n) is 7.34. The summed E-state index contributed by atoms with van der Waals surface area (Å²) in [7, 11) is -3.92. The third kappa shape index (κ3) is 5.72. The lowest BCUT2D eigenvalue weighted by atomic mass is 9.83. The molecule has 1 saturated heterocycles. The van der Waals surface area contributed by atoms with E-state index in [2.05, 4.69) is 21.2 Å². The molecule has 0 aliphatic carbocycles. The van der Waals surface area contributed by atoms with Crippen molar-refractivity contribution in [3.63, 3.8) is 0 Å². The first-order valence-electron chi connectivity index (χ1n) is 13.0. The third-order valence-corrected chi connectivity index (χ3v) is 11.4. The van der Waals surface area contributed by atoms with Gasteiger partial charge in [0.05, 0.1) is 26.5 Å². The van der Waals surface area contributed by atoms with Gasteiger partial charge >= 0.3 is 4.87 Å². The van der Waals surface area contributed by atoms with Gasteiger partial charge in [0, 0.05) is 33.1 Å². The number of hydrogen-bond acceptors (Lipinski definition) is 10. The monoisotopic (exact) mass is 729 g/mol. The molecule has 4 aromatic rings. The summed E-state index contributed by atoms with van der Waals surface area (Å²) in [5, 5.41) is 18.3. The molecule has 3 heterocycles. The van der Waals surface area contributed by atoms with E-state index in [1.54, 1.807) is 24.3 Å². The average Bonchev–Trinajstić information content (AvgIpc) is 3.43. The van der Waals surface area contributed by atoms with E-state index in [0.29, 0.717) is 15.5 Å². The maximum absolute atomic E-state index is 14.0. The van der Waals surface area contributed by atoms with Crippen LogP contribution in [0.4, 0.5) is 17.1 Å². The molecule has 3 N–H and O–H groups in total. The Morgan fingerprint density at radius 3 is 2.33 bits per heavy atom. The average molecular weight is 731 g/mol. The first-order chi connectivity index (χ1) is 21.3. The predicted octanol–water partition coefficient (Wildman–Crippen LogP) is 3.66. The second-order valence-electron chi connectivity index (χ2n) is 10.1. The van der Waals surface area contributed by atoms with Crippen molar-refractivity contribution in [1.82, 2.24) is 4.57 Å². The van der Waals surface area contributed by atoms with E-state index in [1.807, 2.05) is 0 Å². The molecule has 2 aliphatic rings. The summed E-state index contributed by atoms with van der Waals surface area (Å²) in [6.07, 6.45) is 0. The van der Waals surface area contributed by atoms with Crippen molar-refractivity contribution in [3.8, 4) is 0 Å². The molecular formula is C28H20BrN5O8S3. The highest BCUT2D eigenvalue weighted by Gasteiger charge is 2.56. The van der Waals surface area contributed by atoms with Gasteiger partial charge in [-0.2, -0.15) is 0 Å². The molecule has 45 heavy (non-hydrogen) atoms. The number of thiazole rings is 1. The molecule has 2 aliphatic heterocycles. The fraction of sp³-hybridized carbons (Fsp3) is 0.143. The van der Waals surface area contributed by atoms with Gasteiger partial charge in [-0.3, -0.25) is 33.9 Å². The molecule has 3 amide bonds. The number of benzene rings is 3. The van der Waals surface area contributed by atoms with Crippen LogP contribution in [0.25, 0.3) is 0 Å². The lowest BCUT2D eigenvalue weighted by Gasteiger charge is -2.30. The van der Waals surface area contributed by atoms with Gasteiger partial charge in [0.1, 0.15) is 11.8 Å².